The zero-order valence-corrected chi connectivity index (χ0v) is 12.3. The summed E-state index contributed by atoms with van der Waals surface area (Å²) in [5.74, 6) is 0.624. The maximum Gasteiger partial charge on any atom is 0.237 e. The predicted molar refractivity (Wildman–Crippen MR) is 77.5 cm³/mol. The third-order valence-electron chi connectivity index (χ3n) is 4.47. The highest BCUT2D eigenvalue weighted by atomic mass is 16.5. The number of benzene rings is 1. The first kappa shape index (κ1) is 13.9. The molecule has 5 heteroatoms. The molecule has 2 aliphatic rings. The van der Waals surface area contributed by atoms with Crippen LogP contribution in [0.1, 0.15) is 25.7 Å². The summed E-state index contributed by atoms with van der Waals surface area (Å²) in [5, 5.41) is 0. The van der Waals surface area contributed by atoms with E-state index >= 15 is 0 Å². The first-order valence-corrected chi connectivity index (χ1v) is 7.27. The van der Waals surface area contributed by atoms with E-state index in [1.807, 2.05) is 0 Å². The maximum absolute atomic E-state index is 12.6. The quantitative estimate of drug-likeness (QED) is 0.802. The summed E-state index contributed by atoms with van der Waals surface area (Å²) in [6, 6.07) is 5.14. The average molecular weight is 289 g/mol. The minimum absolute atomic E-state index is 0.0897. The lowest BCUT2D eigenvalue weighted by Crippen LogP contribution is -2.31. The van der Waals surface area contributed by atoms with Gasteiger partial charge in [0.25, 0.3) is 0 Å². The van der Waals surface area contributed by atoms with Crippen LogP contribution >= 0.6 is 0 Å². The Kier molecular flexibility index (Phi) is 3.57. The lowest BCUT2D eigenvalue weighted by atomic mass is 9.81. The van der Waals surface area contributed by atoms with E-state index < -0.39 is 0 Å². The highest BCUT2D eigenvalue weighted by Gasteiger charge is 2.49. The molecule has 1 aromatic rings. The molecule has 0 radical (unpaired) electrons. The summed E-state index contributed by atoms with van der Waals surface area (Å²) in [5.41, 5.74) is 0.516. The van der Waals surface area contributed by atoms with Gasteiger partial charge in [-0.25, -0.2) is 4.90 Å². The fraction of sp³-hybridized carbons (Fsp3) is 0.500. The van der Waals surface area contributed by atoms with Crippen molar-refractivity contribution in [1.82, 2.24) is 0 Å². The van der Waals surface area contributed by atoms with Crippen LogP contribution in [0.25, 0.3) is 0 Å². The minimum atomic E-state index is -0.155. The summed E-state index contributed by atoms with van der Waals surface area (Å²) in [6.07, 6.45) is 3.66. The van der Waals surface area contributed by atoms with E-state index in [1.54, 1.807) is 25.3 Å². The normalized spacial score (nSPS) is 25.0. The van der Waals surface area contributed by atoms with Crippen LogP contribution < -0.4 is 14.4 Å². The molecule has 112 valence electrons. The minimum Gasteiger partial charge on any atom is -0.497 e. The number of fused-ring (bicyclic) bond motifs is 1. The van der Waals surface area contributed by atoms with Crippen molar-refractivity contribution in [3.05, 3.63) is 18.2 Å². The van der Waals surface area contributed by atoms with Gasteiger partial charge in [-0.1, -0.05) is 12.8 Å². The molecule has 1 saturated carbocycles. The molecular weight excluding hydrogens is 270 g/mol. The molecule has 0 aromatic heterocycles. The monoisotopic (exact) mass is 289 g/mol. The van der Waals surface area contributed by atoms with E-state index in [2.05, 4.69) is 0 Å². The van der Waals surface area contributed by atoms with E-state index in [4.69, 9.17) is 9.47 Å². The van der Waals surface area contributed by atoms with Crippen LogP contribution in [0.3, 0.4) is 0 Å². The fourth-order valence-corrected chi connectivity index (χ4v) is 3.37. The molecule has 1 aromatic carbocycles. The van der Waals surface area contributed by atoms with Crippen molar-refractivity contribution in [2.24, 2.45) is 11.8 Å². The van der Waals surface area contributed by atoms with Gasteiger partial charge in [-0.3, -0.25) is 9.59 Å². The average Bonchev–Trinajstić information content (AvgIpc) is 2.79. The fourth-order valence-electron chi connectivity index (χ4n) is 3.37. The molecule has 2 amide bonds. The Bertz CT molecular complexity index is 560. The Balaban J connectivity index is 2.00. The highest BCUT2D eigenvalue weighted by molar-refractivity contribution is 6.22. The second kappa shape index (κ2) is 5.39. The molecule has 21 heavy (non-hydrogen) atoms. The van der Waals surface area contributed by atoms with Gasteiger partial charge in [0.2, 0.25) is 11.8 Å². The Morgan fingerprint density at radius 3 is 2.14 bits per heavy atom. The molecule has 0 unspecified atom stereocenters. The lowest BCUT2D eigenvalue weighted by molar-refractivity contribution is -0.122. The predicted octanol–water partition coefficient (Wildman–Crippen LogP) is 2.38. The largest absolute Gasteiger partial charge is 0.497 e. The van der Waals surface area contributed by atoms with Gasteiger partial charge in [0, 0.05) is 6.07 Å². The molecule has 2 atom stereocenters. The standard InChI is InChI=1S/C16H19NO4/c1-20-10-7-8-13(14(9-10)21-2)17-15(18)11-5-3-4-6-12(11)16(17)19/h7-9,11-12H,3-6H2,1-2H3/t11-,12-/m1/s1. The Morgan fingerprint density at radius 2 is 1.62 bits per heavy atom. The molecule has 3 rings (SSSR count). The summed E-state index contributed by atoms with van der Waals surface area (Å²) in [7, 11) is 3.09. The number of amides is 2. The number of methoxy groups -OCH3 is 2. The maximum atomic E-state index is 12.6. The van der Waals surface area contributed by atoms with Gasteiger partial charge < -0.3 is 9.47 Å². The van der Waals surface area contributed by atoms with Gasteiger partial charge in [0.1, 0.15) is 11.5 Å². The van der Waals surface area contributed by atoms with Gasteiger partial charge in [0.15, 0.2) is 0 Å². The van der Waals surface area contributed by atoms with Crippen molar-refractivity contribution in [1.29, 1.82) is 0 Å². The van der Waals surface area contributed by atoms with Crippen LogP contribution in [0.2, 0.25) is 0 Å². The molecule has 0 spiro atoms. The van der Waals surface area contributed by atoms with E-state index in [-0.39, 0.29) is 23.7 Å². The summed E-state index contributed by atoms with van der Waals surface area (Å²) in [4.78, 5) is 26.5. The van der Waals surface area contributed by atoms with Crippen molar-refractivity contribution < 1.29 is 19.1 Å². The molecular formula is C16H19NO4. The van der Waals surface area contributed by atoms with E-state index in [0.717, 1.165) is 25.7 Å². The van der Waals surface area contributed by atoms with Gasteiger partial charge in [-0.2, -0.15) is 0 Å². The number of anilines is 1. The number of carbonyl (C=O) groups is 2. The summed E-state index contributed by atoms with van der Waals surface area (Å²) >= 11 is 0. The van der Waals surface area contributed by atoms with Crippen molar-refractivity contribution in [3.63, 3.8) is 0 Å². The second-order valence-corrected chi connectivity index (χ2v) is 5.55. The number of nitrogens with zero attached hydrogens (tertiary/aromatic N) is 1. The van der Waals surface area contributed by atoms with Crippen LogP contribution in [0, 0.1) is 11.8 Å². The number of carbonyl (C=O) groups excluding carboxylic acids is 2. The van der Waals surface area contributed by atoms with Gasteiger partial charge in [-0.05, 0) is 25.0 Å². The Morgan fingerprint density at radius 1 is 1.00 bits per heavy atom. The SMILES string of the molecule is COc1ccc(N2C(=O)[C@@H]3CCCC[C@H]3C2=O)c(OC)c1. The number of imide groups is 1. The Hall–Kier alpha value is -2.04. The summed E-state index contributed by atoms with van der Waals surface area (Å²) in [6.45, 7) is 0. The van der Waals surface area contributed by atoms with Crippen molar-refractivity contribution in [2.75, 3.05) is 19.1 Å². The lowest BCUT2D eigenvalue weighted by Gasteiger charge is -2.19. The molecule has 2 fully saturated rings. The van der Waals surface area contributed by atoms with E-state index in [1.165, 1.54) is 12.0 Å². The number of hydrogen-bond acceptors (Lipinski definition) is 4. The van der Waals surface area contributed by atoms with Crippen LogP contribution in [-0.4, -0.2) is 26.0 Å². The third kappa shape index (κ3) is 2.17. The highest BCUT2D eigenvalue weighted by Crippen LogP contribution is 2.43. The van der Waals surface area contributed by atoms with Crippen molar-refractivity contribution in [2.45, 2.75) is 25.7 Å². The molecule has 1 heterocycles. The zero-order chi connectivity index (χ0) is 15.0. The van der Waals surface area contributed by atoms with Crippen molar-refractivity contribution >= 4 is 17.5 Å². The van der Waals surface area contributed by atoms with Gasteiger partial charge >= 0.3 is 0 Å². The second-order valence-electron chi connectivity index (χ2n) is 5.55. The molecule has 5 nitrogen and oxygen atoms in total. The van der Waals surface area contributed by atoms with E-state index in [0.29, 0.717) is 17.2 Å². The zero-order valence-electron chi connectivity index (χ0n) is 12.3. The first-order valence-electron chi connectivity index (χ1n) is 7.27. The van der Waals surface area contributed by atoms with Gasteiger partial charge in [-0.15, -0.1) is 0 Å². The van der Waals surface area contributed by atoms with Crippen LogP contribution in [0.15, 0.2) is 18.2 Å². The smallest absolute Gasteiger partial charge is 0.237 e. The molecule has 1 saturated heterocycles. The molecule has 0 bridgehead atoms. The van der Waals surface area contributed by atoms with Crippen LogP contribution in [-0.2, 0) is 9.59 Å². The van der Waals surface area contributed by atoms with Crippen molar-refractivity contribution in [3.8, 4) is 11.5 Å². The van der Waals surface area contributed by atoms with Gasteiger partial charge in [0.05, 0.1) is 31.7 Å². The Labute approximate surface area is 123 Å². The first-order chi connectivity index (χ1) is 10.2. The topological polar surface area (TPSA) is 55.8 Å². The van der Waals surface area contributed by atoms with E-state index in [9.17, 15) is 9.59 Å². The molecule has 1 aliphatic heterocycles. The number of hydrogen-bond donors (Lipinski definition) is 0. The van der Waals surface area contributed by atoms with Crippen LogP contribution in [0.5, 0.6) is 11.5 Å². The summed E-state index contributed by atoms with van der Waals surface area (Å²) < 4.78 is 10.5. The third-order valence-corrected chi connectivity index (χ3v) is 4.47. The number of ether oxygens (including phenoxy) is 2. The molecule has 1 aliphatic carbocycles. The van der Waals surface area contributed by atoms with Crippen LogP contribution in [0.4, 0.5) is 5.69 Å². The molecule has 0 N–H and O–H groups in total. The number of rotatable bonds is 3.